The van der Waals surface area contributed by atoms with Crippen LogP contribution in [0.25, 0.3) is 0 Å². The van der Waals surface area contributed by atoms with Gasteiger partial charge in [-0.05, 0) is 43.2 Å². The molecule has 3 heterocycles. The Hall–Kier alpha value is -3.22. The van der Waals surface area contributed by atoms with Crippen molar-refractivity contribution >= 4 is 11.7 Å². The van der Waals surface area contributed by atoms with E-state index in [1.165, 1.54) is 11.1 Å². The fourth-order valence-corrected chi connectivity index (χ4v) is 4.50. The van der Waals surface area contributed by atoms with E-state index in [0.717, 1.165) is 50.4 Å². The van der Waals surface area contributed by atoms with Gasteiger partial charge in [-0.15, -0.1) is 0 Å². The van der Waals surface area contributed by atoms with Gasteiger partial charge in [-0.1, -0.05) is 38.1 Å². The van der Waals surface area contributed by atoms with Crippen LogP contribution in [0.15, 0.2) is 54.3 Å². The zero-order chi connectivity index (χ0) is 22.5. The molecule has 168 valence electrons. The lowest BCUT2D eigenvalue weighted by Gasteiger charge is -2.20. The van der Waals surface area contributed by atoms with Crippen LogP contribution in [0.4, 0.5) is 0 Å². The molecular weight excluding hydrogens is 400 g/mol. The van der Waals surface area contributed by atoms with Crippen LogP contribution in [0.3, 0.4) is 0 Å². The highest BCUT2D eigenvalue weighted by atomic mass is 16.2. The van der Waals surface area contributed by atoms with E-state index in [1.807, 2.05) is 22.6 Å². The van der Waals surface area contributed by atoms with Crippen LogP contribution in [0, 0.1) is 6.92 Å². The number of aromatic nitrogens is 4. The number of hydrogen-bond acceptors (Lipinski definition) is 4. The van der Waals surface area contributed by atoms with Crippen LogP contribution >= 0.6 is 0 Å². The van der Waals surface area contributed by atoms with E-state index in [-0.39, 0.29) is 5.91 Å². The molecule has 1 atom stereocenters. The maximum Gasteiger partial charge on any atom is 0.274 e. The Kier molecular flexibility index (Phi) is 6.83. The number of benzene rings is 1. The van der Waals surface area contributed by atoms with Crippen molar-refractivity contribution in [1.82, 2.24) is 24.1 Å². The second-order valence-corrected chi connectivity index (χ2v) is 8.36. The molecule has 1 aliphatic rings. The van der Waals surface area contributed by atoms with Gasteiger partial charge in [-0.25, -0.2) is 14.6 Å². The Balaban J connectivity index is 1.52. The standard InChI is InChI=1S/C25H32N6O/c1-4-23-27-22(17-31(23)28-24(5-2)30-16-13-26-18-30)25(32)29-14-8-10-20(12-15-29)21-11-7-6-9-19(21)3/h6-7,9,11,13,16-18,20H,4-5,8,10,12,14-15H2,1-3H3/b28-24+. The summed E-state index contributed by atoms with van der Waals surface area (Å²) in [4.78, 5) is 24.0. The molecule has 1 unspecified atom stereocenters. The monoisotopic (exact) mass is 432 g/mol. The SMILES string of the molecule is CC/C(=N\n1cc(C(=O)N2CCCC(c3ccccc3C)CC2)nc1CC)n1ccnc1. The smallest absolute Gasteiger partial charge is 0.274 e. The normalized spacial score (nSPS) is 17.4. The quantitative estimate of drug-likeness (QED) is 0.441. The first-order chi connectivity index (χ1) is 15.6. The molecule has 1 fully saturated rings. The number of hydrogen-bond donors (Lipinski definition) is 0. The average Bonchev–Trinajstić information content (AvgIpc) is 3.42. The summed E-state index contributed by atoms with van der Waals surface area (Å²) < 4.78 is 3.64. The fraction of sp³-hybridized carbons (Fsp3) is 0.440. The molecule has 1 aliphatic heterocycles. The highest BCUT2D eigenvalue weighted by molar-refractivity contribution is 5.92. The number of nitrogens with zero attached hydrogens (tertiary/aromatic N) is 6. The van der Waals surface area contributed by atoms with Crippen molar-refractivity contribution in [3.8, 4) is 0 Å². The van der Waals surface area contributed by atoms with Crippen molar-refractivity contribution in [2.45, 2.75) is 58.8 Å². The summed E-state index contributed by atoms with van der Waals surface area (Å²) in [6.07, 6.45) is 11.7. The molecule has 1 saturated heterocycles. The summed E-state index contributed by atoms with van der Waals surface area (Å²) in [5.41, 5.74) is 3.23. The number of amides is 1. The van der Waals surface area contributed by atoms with Crippen molar-refractivity contribution < 1.29 is 4.79 Å². The molecule has 0 saturated carbocycles. The molecular formula is C25H32N6O. The molecule has 0 bridgehead atoms. The maximum absolute atomic E-state index is 13.3. The third-order valence-corrected chi connectivity index (χ3v) is 6.28. The van der Waals surface area contributed by atoms with Gasteiger partial charge in [-0.3, -0.25) is 9.36 Å². The molecule has 0 spiro atoms. The van der Waals surface area contributed by atoms with Crippen molar-refractivity contribution in [3.63, 3.8) is 0 Å². The Morgan fingerprint density at radius 2 is 2.03 bits per heavy atom. The van der Waals surface area contributed by atoms with E-state index < -0.39 is 0 Å². The maximum atomic E-state index is 13.3. The van der Waals surface area contributed by atoms with E-state index in [2.05, 4.69) is 48.1 Å². The van der Waals surface area contributed by atoms with Crippen LogP contribution in [0.5, 0.6) is 0 Å². The first-order valence-corrected chi connectivity index (χ1v) is 11.6. The minimum absolute atomic E-state index is 0.000220. The van der Waals surface area contributed by atoms with E-state index in [0.29, 0.717) is 18.0 Å². The molecule has 1 aromatic carbocycles. The van der Waals surface area contributed by atoms with Gasteiger partial charge in [0.25, 0.3) is 5.91 Å². The van der Waals surface area contributed by atoms with E-state index in [4.69, 9.17) is 5.10 Å². The number of carbonyl (C=O) groups excluding carboxylic acids is 1. The molecule has 3 aromatic rings. The zero-order valence-electron chi connectivity index (χ0n) is 19.2. The van der Waals surface area contributed by atoms with Gasteiger partial charge in [-0.2, -0.15) is 5.10 Å². The Bertz CT molecular complexity index is 1080. The van der Waals surface area contributed by atoms with Crippen molar-refractivity contribution in [1.29, 1.82) is 0 Å². The van der Waals surface area contributed by atoms with E-state index >= 15 is 0 Å². The lowest BCUT2D eigenvalue weighted by molar-refractivity contribution is 0.0755. The molecule has 2 aromatic heterocycles. The molecule has 0 radical (unpaired) electrons. The second-order valence-electron chi connectivity index (χ2n) is 8.36. The van der Waals surface area contributed by atoms with Crippen LogP contribution in [-0.2, 0) is 6.42 Å². The van der Waals surface area contributed by atoms with Crippen molar-refractivity contribution in [3.05, 3.63) is 71.8 Å². The molecule has 32 heavy (non-hydrogen) atoms. The minimum Gasteiger partial charge on any atom is -0.337 e. The number of likely N-dealkylation sites (tertiary alicyclic amines) is 1. The van der Waals surface area contributed by atoms with Crippen molar-refractivity contribution in [2.75, 3.05) is 13.1 Å². The van der Waals surface area contributed by atoms with Gasteiger partial charge in [0.05, 0.1) is 6.20 Å². The lowest BCUT2D eigenvalue weighted by Crippen LogP contribution is -2.32. The molecule has 4 rings (SSSR count). The summed E-state index contributed by atoms with van der Waals surface area (Å²) in [6.45, 7) is 7.79. The largest absolute Gasteiger partial charge is 0.337 e. The number of rotatable bonds is 5. The lowest BCUT2D eigenvalue weighted by atomic mass is 9.89. The first-order valence-electron chi connectivity index (χ1n) is 11.6. The summed E-state index contributed by atoms with van der Waals surface area (Å²) in [5, 5.41) is 4.74. The van der Waals surface area contributed by atoms with Gasteiger partial charge in [0.15, 0.2) is 0 Å². The number of imidazole rings is 2. The summed E-state index contributed by atoms with van der Waals surface area (Å²) in [5.74, 6) is 2.14. The van der Waals surface area contributed by atoms with Gasteiger partial charge in [0.2, 0.25) is 0 Å². The van der Waals surface area contributed by atoms with Gasteiger partial charge in [0.1, 0.15) is 23.7 Å². The van der Waals surface area contributed by atoms with Gasteiger partial charge in [0, 0.05) is 38.3 Å². The number of aryl methyl sites for hydroxylation is 2. The average molecular weight is 433 g/mol. The molecule has 7 nitrogen and oxygen atoms in total. The van der Waals surface area contributed by atoms with Crippen LogP contribution < -0.4 is 0 Å². The van der Waals surface area contributed by atoms with Crippen LogP contribution in [0.1, 0.15) is 72.9 Å². The minimum atomic E-state index is -0.000220. The fourth-order valence-electron chi connectivity index (χ4n) is 4.50. The van der Waals surface area contributed by atoms with Crippen molar-refractivity contribution in [2.24, 2.45) is 5.10 Å². The molecule has 0 N–H and O–H groups in total. The second kappa shape index (κ2) is 9.94. The Labute approximate surface area is 189 Å². The third kappa shape index (κ3) is 4.66. The molecule has 7 heteroatoms. The van der Waals surface area contributed by atoms with Crippen LogP contribution in [0.2, 0.25) is 0 Å². The first kappa shape index (κ1) is 22.0. The number of carbonyl (C=O) groups is 1. The predicted molar refractivity (Wildman–Crippen MR) is 126 cm³/mol. The summed E-state index contributed by atoms with van der Waals surface area (Å²) in [7, 11) is 0. The zero-order valence-corrected chi connectivity index (χ0v) is 19.2. The molecule has 0 aliphatic carbocycles. The van der Waals surface area contributed by atoms with Gasteiger partial charge < -0.3 is 4.90 Å². The third-order valence-electron chi connectivity index (χ3n) is 6.28. The van der Waals surface area contributed by atoms with Gasteiger partial charge >= 0.3 is 0 Å². The highest BCUT2D eigenvalue weighted by Crippen LogP contribution is 2.30. The van der Waals surface area contributed by atoms with E-state index in [9.17, 15) is 4.79 Å². The van der Waals surface area contributed by atoms with E-state index in [1.54, 1.807) is 23.4 Å². The topological polar surface area (TPSA) is 68.3 Å². The highest BCUT2D eigenvalue weighted by Gasteiger charge is 2.25. The van der Waals surface area contributed by atoms with Crippen LogP contribution in [-0.4, -0.2) is 48.9 Å². The summed E-state index contributed by atoms with van der Waals surface area (Å²) in [6, 6.07) is 8.61. The molecule has 1 amide bonds. The summed E-state index contributed by atoms with van der Waals surface area (Å²) >= 11 is 0. The Morgan fingerprint density at radius 1 is 1.19 bits per heavy atom. The Morgan fingerprint density at radius 3 is 2.75 bits per heavy atom. The predicted octanol–water partition coefficient (Wildman–Crippen LogP) is 4.48.